The molecule has 8 heteroatoms. The van der Waals surface area contributed by atoms with Crippen LogP contribution < -0.4 is 10.1 Å². The number of carbonyl (C=O) groups excluding carboxylic acids is 1. The highest BCUT2D eigenvalue weighted by atomic mass is 79.9. The smallest absolute Gasteiger partial charge is 0.404 e. The Bertz CT molecular complexity index is 449. The van der Waals surface area contributed by atoms with Crippen molar-refractivity contribution < 1.29 is 22.7 Å². The molecule has 0 spiro atoms. The Labute approximate surface area is 110 Å². The first-order valence-corrected chi connectivity index (χ1v) is 5.52. The molecule has 0 unspecified atom stereocenters. The summed E-state index contributed by atoms with van der Waals surface area (Å²) in [5.74, 6) is -0.480. The summed E-state index contributed by atoms with van der Waals surface area (Å²) in [7, 11) is 2.94. The number of halogens is 4. The maximum Gasteiger partial charge on any atom is 0.573 e. The predicted molar refractivity (Wildman–Crippen MR) is 63.5 cm³/mol. The zero-order valence-corrected chi connectivity index (χ0v) is 11.1. The van der Waals surface area contributed by atoms with Crippen LogP contribution in [0.4, 0.5) is 23.7 Å². The van der Waals surface area contributed by atoms with E-state index in [1.807, 2.05) is 0 Å². The Morgan fingerprint density at radius 3 is 2.50 bits per heavy atom. The highest BCUT2D eigenvalue weighted by Crippen LogP contribution is 2.32. The molecular formula is C10H10BrF3N2O2. The summed E-state index contributed by atoms with van der Waals surface area (Å²) in [6.45, 7) is 0. The SMILES string of the molecule is CN(C)C(=O)Nc1ccc(Br)cc1OC(F)(F)F. The van der Waals surface area contributed by atoms with Crippen molar-refractivity contribution in [1.29, 1.82) is 0 Å². The zero-order chi connectivity index (χ0) is 13.9. The summed E-state index contributed by atoms with van der Waals surface area (Å²) >= 11 is 3.03. The Hall–Kier alpha value is -1.44. The Morgan fingerprint density at radius 2 is 2.00 bits per heavy atom. The van der Waals surface area contributed by atoms with Gasteiger partial charge in [-0.05, 0) is 18.2 Å². The molecule has 0 atom stereocenters. The number of hydrogen-bond acceptors (Lipinski definition) is 2. The number of benzene rings is 1. The molecule has 18 heavy (non-hydrogen) atoms. The van der Waals surface area contributed by atoms with Crippen LogP contribution in [-0.4, -0.2) is 31.4 Å². The molecule has 1 aromatic carbocycles. The van der Waals surface area contributed by atoms with Gasteiger partial charge in [0.2, 0.25) is 0 Å². The number of alkyl halides is 3. The highest BCUT2D eigenvalue weighted by molar-refractivity contribution is 9.10. The molecule has 0 aliphatic carbocycles. The van der Waals surface area contributed by atoms with Crippen molar-refractivity contribution in [2.75, 3.05) is 19.4 Å². The molecule has 0 aromatic heterocycles. The first-order valence-electron chi connectivity index (χ1n) is 4.72. The predicted octanol–water partition coefficient (Wildman–Crippen LogP) is 3.44. The summed E-state index contributed by atoms with van der Waals surface area (Å²) in [6.07, 6.45) is -4.82. The average molecular weight is 327 g/mol. The number of nitrogens with zero attached hydrogens (tertiary/aromatic N) is 1. The molecule has 0 saturated heterocycles. The summed E-state index contributed by atoms with van der Waals surface area (Å²) < 4.78 is 40.8. The first-order chi connectivity index (χ1) is 8.19. The standard InChI is InChI=1S/C10H10BrF3N2O2/c1-16(2)9(17)15-7-4-3-6(11)5-8(7)18-10(12,13)14/h3-5H,1-2H3,(H,15,17). The van der Waals surface area contributed by atoms with Crippen LogP contribution in [0.15, 0.2) is 22.7 Å². The van der Waals surface area contributed by atoms with Gasteiger partial charge < -0.3 is 15.0 Å². The third-order valence-corrected chi connectivity index (χ3v) is 2.31. The Kier molecular flexibility index (Phi) is 4.44. The molecule has 0 fully saturated rings. The van der Waals surface area contributed by atoms with Gasteiger partial charge >= 0.3 is 12.4 Å². The summed E-state index contributed by atoms with van der Waals surface area (Å²) in [5, 5.41) is 2.30. The number of hydrogen-bond donors (Lipinski definition) is 1. The fraction of sp³-hybridized carbons (Fsp3) is 0.300. The molecule has 0 saturated carbocycles. The number of rotatable bonds is 2. The van der Waals surface area contributed by atoms with Crippen molar-refractivity contribution in [2.24, 2.45) is 0 Å². The topological polar surface area (TPSA) is 41.6 Å². The van der Waals surface area contributed by atoms with Gasteiger partial charge in [0, 0.05) is 18.6 Å². The lowest BCUT2D eigenvalue weighted by Gasteiger charge is -2.16. The minimum Gasteiger partial charge on any atom is -0.404 e. The van der Waals surface area contributed by atoms with Crippen LogP contribution >= 0.6 is 15.9 Å². The second-order valence-electron chi connectivity index (χ2n) is 3.51. The number of amides is 2. The zero-order valence-electron chi connectivity index (χ0n) is 9.51. The number of urea groups is 1. The molecule has 100 valence electrons. The molecule has 0 aliphatic heterocycles. The summed E-state index contributed by atoms with van der Waals surface area (Å²) in [6, 6.07) is 3.38. The van der Waals surface area contributed by atoms with Gasteiger partial charge in [0.15, 0.2) is 5.75 Å². The van der Waals surface area contributed by atoms with E-state index in [1.165, 1.54) is 31.1 Å². The van der Waals surface area contributed by atoms with E-state index in [-0.39, 0.29) is 5.69 Å². The lowest BCUT2D eigenvalue weighted by molar-refractivity contribution is -0.274. The van der Waals surface area contributed by atoms with E-state index in [4.69, 9.17) is 0 Å². The number of ether oxygens (including phenoxy) is 1. The van der Waals surface area contributed by atoms with Gasteiger partial charge in [0.1, 0.15) is 0 Å². The minimum absolute atomic E-state index is 0.0609. The highest BCUT2D eigenvalue weighted by Gasteiger charge is 2.32. The summed E-state index contributed by atoms with van der Waals surface area (Å²) in [5.41, 5.74) is -0.0609. The van der Waals surface area contributed by atoms with E-state index in [0.29, 0.717) is 4.47 Å². The van der Waals surface area contributed by atoms with Crippen LogP contribution in [-0.2, 0) is 0 Å². The van der Waals surface area contributed by atoms with Gasteiger partial charge in [-0.25, -0.2) is 4.79 Å². The van der Waals surface area contributed by atoms with Crippen LogP contribution in [0.1, 0.15) is 0 Å². The van der Waals surface area contributed by atoms with Crippen molar-refractivity contribution in [3.8, 4) is 5.75 Å². The van der Waals surface area contributed by atoms with Gasteiger partial charge in [-0.15, -0.1) is 13.2 Å². The van der Waals surface area contributed by atoms with Crippen LogP contribution in [0.2, 0.25) is 0 Å². The molecule has 1 rings (SSSR count). The largest absolute Gasteiger partial charge is 0.573 e. The van der Waals surface area contributed by atoms with Gasteiger partial charge in [-0.1, -0.05) is 15.9 Å². The third-order valence-electron chi connectivity index (χ3n) is 1.82. The van der Waals surface area contributed by atoms with E-state index in [2.05, 4.69) is 26.0 Å². The molecule has 0 aliphatic rings. The Morgan fingerprint density at radius 1 is 1.39 bits per heavy atom. The quantitative estimate of drug-likeness (QED) is 0.904. The molecule has 1 aromatic rings. The third kappa shape index (κ3) is 4.44. The van der Waals surface area contributed by atoms with E-state index < -0.39 is 18.1 Å². The molecule has 4 nitrogen and oxygen atoms in total. The second-order valence-corrected chi connectivity index (χ2v) is 4.43. The van der Waals surface area contributed by atoms with Crippen molar-refractivity contribution in [1.82, 2.24) is 4.90 Å². The van der Waals surface area contributed by atoms with Crippen LogP contribution in [0, 0.1) is 0 Å². The maximum absolute atomic E-state index is 12.2. The average Bonchev–Trinajstić information content (AvgIpc) is 2.19. The Balaban J connectivity index is 3.00. The lowest BCUT2D eigenvalue weighted by atomic mass is 10.3. The fourth-order valence-electron chi connectivity index (χ4n) is 1.04. The summed E-state index contributed by atoms with van der Waals surface area (Å²) in [4.78, 5) is 12.6. The van der Waals surface area contributed by atoms with Gasteiger partial charge in [0.25, 0.3) is 0 Å². The maximum atomic E-state index is 12.2. The minimum atomic E-state index is -4.82. The molecule has 0 bridgehead atoms. The van der Waals surface area contributed by atoms with E-state index >= 15 is 0 Å². The van der Waals surface area contributed by atoms with Crippen LogP contribution in [0.25, 0.3) is 0 Å². The monoisotopic (exact) mass is 326 g/mol. The van der Waals surface area contributed by atoms with E-state index in [9.17, 15) is 18.0 Å². The van der Waals surface area contributed by atoms with Crippen molar-refractivity contribution in [3.05, 3.63) is 22.7 Å². The number of anilines is 1. The number of carbonyl (C=O) groups is 1. The van der Waals surface area contributed by atoms with Crippen molar-refractivity contribution in [3.63, 3.8) is 0 Å². The normalized spacial score (nSPS) is 11.0. The van der Waals surface area contributed by atoms with Crippen LogP contribution in [0.3, 0.4) is 0 Å². The molecule has 1 N–H and O–H groups in total. The molecule has 0 heterocycles. The van der Waals surface area contributed by atoms with E-state index in [1.54, 1.807) is 0 Å². The molecule has 0 radical (unpaired) electrons. The number of nitrogens with one attached hydrogen (secondary N) is 1. The fourth-order valence-corrected chi connectivity index (χ4v) is 1.38. The molecular weight excluding hydrogens is 317 g/mol. The van der Waals surface area contributed by atoms with Crippen LogP contribution in [0.5, 0.6) is 5.75 Å². The first kappa shape index (κ1) is 14.6. The van der Waals surface area contributed by atoms with Crippen molar-refractivity contribution in [2.45, 2.75) is 6.36 Å². The van der Waals surface area contributed by atoms with Gasteiger partial charge in [-0.2, -0.15) is 0 Å². The van der Waals surface area contributed by atoms with Gasteiger partial charge in [-0.3, -0.25) is 0 Å². The second kappa shape index (κ2) is 5.47. The van der Waals surface area contributed by atoms with E-state index in [0.717, 1.165) is 6.07 Å². The van der Waals surface area contributed by atoms with Crippen molar-refractivity contribution >= 4 is 27.6 Å². The lowest BCUT2D eigenvalue weighted by Crippen LogP contribution is -2.28. The molecule has 2 amide bonds. The van der Waals surface area contributed by atoms with Gasteiger partial charge in [0.05, 0.1) is 5.69 Å².